The molecular weight excluding hydrogens is 184 g/mol. The third-order valence-corrected chi connectivity index (χ3v) is 3.43. The second-order valence-electron chi connectivity index (χ2n) is 3.83. The van der Waals surface area contributed by atoms with Crippen LogP contribution in [0.3, 0.4) is 0 Å². The minimum absolute atomic E-state index is 0.343. The Morgan fingerprint density at radius 3 is 2.23 bits per heavy atom. The Morgan fingerprint density at radius 1 is 1.31 bits per heavy atom. The summed E-state index contributed by atoms with van der Waals surface area (Å²) >= 11 is -1.84. The molecule has 1 N–H and O–H groups in total. The molecule has 0 bridgehead atoms. The Labute approximate surface area is 80.3 Å². The van der Waals surface area contributed by atoms with Crippen LogP contribution in [0, 0.1) is 0 Å². The molecule has 0 amide bonds. The topological polar surface area (TPSA) is 37.3 Å². The summed E-state index contributed by atoms with van der Waals surface area (Å²) in [7, 11) is 0. The lowest BCUT2D eigenvalue weighted by Crippen LogP contribution is -1.99. The van der Waals surface area contributed by atoms with Crippen molar-refractivity contribution >= 4 is 11.1 Å². The van der Waals surface area contributed by atoms with Crippen LogP contribution in [0.1, 0.15) is 25.3 Å². The molecule has 1 atom stereocenters. The van der Waals surface area contributed by atoms with Gasteiger partial charge in [0.05, 0.1) is 4.90 Å². The monoisotopic (exact) mass is 196 g/mol. The third kappa shape index (κ3) is 1.67. The average Bonchev–Trinajstić information content (AvgIpc) is 2.85. The van der Waals surface area contributed by atoms with Crippen molar-refractivity contribution in [2.45, 2.75) is 30.1 Å². The zero-order chi connectivity index (χ0) is 9.47. The molecule has 2 nitrogen and oxygen atoms in total. The summed E-state index contributed by atoms with van der Waals surface area (Å²) in [6, 6.07) is 7.37. The Bertz CT molecular complexity index is 338. The van der Waals surface area contributed by atoms with E-state index in [0.717, 1.165) is 0 Å². The first-order valence-corrected chi connectivity index (χ1v) is 5.44. The molecule has 1 aromatic rings. The molecule has 3 heteroatoms. The fourth-order valence-electron chi connectivity index (χ4n) is 1.45. The molecular formula is C10H12O2S. The lowest BCUT2D eigenvalue weighted by molar-refractivity contribution is 0.564. The van der Waals surface area contributed by atoms with Crippen molar-refractivity contribution in [3.63, 3.8) is 0 Å². The SMILES string of the molecule is CC1(c2ccc(S(=O)O)cc2)CC1. The quantitative estimate of drug-likeness (QED) is 0.737. The maximum atomic E-state index is 10.7. The van der Waals surface area contributed by atoms with E-state index in [1.807, 2.05) is 12.1 Å². The van der Waals surface area contributed by atoms with Gasteiger partial charge in [-0.3, -0.25) is 0 Å². The molecule has 1 unspecified atom stereocenters. The second-order valence-corrected chi connectivity index (χ2v) is 4.80. The van der Waals surface area contributed by atoms with E-state index in [2.05, 4.69) is 6.92 Å². The number of benzene rings is 1. The number of rotatable bonds is 2. The van der Waals surface area contributed by atoms with E-state index in [1.54, 1.807) is 12.1 Å². The van der Waals surface area contributed by atoms with Crippen LogP contribution in [0.2, 0.25) is 0 Å². The molecule has 0 aromatic heterocycles. The van der Waals surface area contributed by atoms with E-state index < -0.39 is 11.1 Å². The predicted octanol–water partition coefficient (Wildman–Crippen LogP) is 2.32. The van der Waals surface area contributed by atoms with Crippen LogP contribution < -0.4 is 0 Å². The molecule has 1 aliphatic carbocycles. The third-order valence-electron chi connectivity index (χ3n) is 2.75. The summed E-state index contributed by atoms with van der Waals surface area (Å²) in [5, 5.41) is 0. The summed E-state index contributed by atoms with van der Waals surface area (Å²) < 4.78 is 19.5. The summed E-state index contributed by atoms with van der Waals surface area (Å²) in [5.41, 5.74) is 1.62. The summed E-state index contributed by atoms with van der Waals surface area (Å²) in [6.45, 7) is 2.22. The fourth-order valence-corrected chi connectivity index (χ4v) is 1.82. The van der Waals surface area contributed by atoms with Crippen molar-refractivity contribution in [1.29, 1.82) is 0 Å². The smallest absolute Gasteiger partial charge is 0.186 e. The zero-order valence-corrected chi connectivity index (χ0v) is 8.30. The van der Waals surface area contributed by atoms with Gasteiger partial charge in [-0.15, -0.1) is 0 Å². The van der Waals surface area contributed by atoms with Gasteiger partial charge in [0.1, 0.15) is 0 Å². The Morgan fingerprint density at radius 2 is 1.85 bits per heavy atom. The van der Waals surface area contributed by atoms with Crippen LogP contribution in [-0.4, -0.2) is 8.76 Å². The molecule has 13 heavy (non-hydrogen) atoms. The number of hydrogen-bond acceptors (Lipinski definition) is 1. The van der Waals surface area contributed by atoms with Gasteiger partial charge in [0.2, 0.25) is 0 Å². The van der Waals surface area contributed by atoms with Crippen LogP contribution in [-0.2, 0) is 16.5 Å². The van der Waals surface area contributed by atoms with Gasteiger partial charge in [0.15, 0.2) is 11.1 Å². The predicted molar refractivity (Wildman–Crippen MR) is 52.1 cm³/mol. The van der Waals surface area contributed by atoms with E-state index in [1.165, 1.54) is 18.4 Å². The minimum Gasteiger partial charge on any atom is -0.302 e. The second kappa shape index (κ2) is 2.93. The van der Waals surface area contributed by atoms with Crippen LogP contribution in [0.4, 0.5) is 0 Å². The zero-order valence-electron chi connectivity index (χ0n) is 7.49. The summed E-state index contributed by atoms with van der Waals surface area (Å²) in [5.74, 6) is 0. The first-order chi connectivity index (χ1) is 6.12. The molecule has 1 fully saturated rings. The van der Waals surface area contributed by atoms with Crippen LogP contribution in [0.5, 0.6) is 0 Å². The molecule has 2 rings (SSSR count). The Balaban J connectivity index is 2.28. The molecule has 70 valence electrons. The Hall–Kier alpha value is -0.670. The van der Waals surface area contributed by atoms with Crippen molar-refractivity contribution in [2.24, 2.45) is 0 Å². The van der Waals surface area contributed by atoms with E-state index in [-0.39, 0.29) is 0 Å². The summed E-state index contributed by atoms with van der Waals surface area (Å²) in [6.07, 6.45) is 2.46. The molecule has 0 saturated heterocycles. The van der Waals surface area contributed by atoms with Crippen LogP contribution in [0.15, 0.2) is 29.2 Å². The Kier molecular flexibility index (Phi) is 2.00. The van der Waals surface area contributed by atoms with Crippen molar-refractivity contribution in [1.82, 2.24) is 0 Å². The van der Waals surface area contributed by atoms with E-state index >= 15 is 0 Å². The molecule has 1 aromatic carbocycles. The molecule has 1 saturated carbocycles. The first-order valence-electron chi connectivity index (χ1n) is 4.33. The van der Waals surface area contributed by atoms with Crippen LogP contribution >= 0.6 is 0 Å². The van der Waals surface area contributed by atoms with Gasteiger partial charge in [-0.25, -0.2) is 4.21 Å². The lowest BCUT2D eigenvalue weighted by Gasteiger charge is -2.07. The maximum Gasteiger partial charge on any atom is 0.186 e. The maximum absolute atomic E-state index is 10.7. The molecule has 0 radical (unpaired) electrons. The molecule has 0 aliphatic heterocycles. The van der Waals surface area contributed by atoms with Crippen LogP contribution in [0.25, 0.3) is 0 Å². The minimum atomic E-state index is -1.84. The van der Waals surface area contributed by atoms with E-state index in [4.69, 9.17) is 4.55 Å². The highest BCUT2D eigenvalue weighted by Crippen LogP contribution is 2.47. The van der Waals surface area contributed by atoms with Crippen molar-refractivity contribution < 1.29 is 8.76 Å². The van der Waals surface area contributed by atoms with Gasteiger partial charge in [0.25, 0.3) is 0 Å². The highest BCUT2D eigenvalue weighted by Gasteiger charge is 2.38. The van der Waals surface area contributed by atoms with Crippen molar-refractivity contribution in [2.75, 3.05) is 0 Å². The van der Waals surface area contributed by atoms with Gasteiger partial charge in [0, 0.05) is 0 Å². The van der Waals surface area contributed by atoms with Crippen molar-refractivity contribution in [3.8, 4) is 0 Å². The van der Waals surface area contributed by atoms with Gasteiger partial charge in [-0.05, 0) is 36.0 Å². The average molecular weight is 196 g/mol. The first kappa shape index (κ1) is 8.91. The lowest BCUT2D eigenvalue weighted by atomic mass is 9.99. The fraction of sp³-hybridized carbons (Fsp3) is 0.400. The molecule has 0 spiro atoms. The highest BCUT2D eigenvalue weighted by atomic mass is 32.2. The normalized spacial score (nSPS) is 21.1. The van der Waals surface area contributed by atoms with Gasteiger partial charge in [-0.2, -0.15) is 0 Å². The molecule has 0 heterocycles. The summed E-state index contributed by atoms with van der Waals surface area (Å²) in [4.78, 5) is 0.480. The van der Waals surface area contributed by atoms with Gasteiger partial charge < -0.3 is 4.55 Å². The largest absolute Gasteiger partial charge is 0.302 e. The van der Waals surface area contributed by atoms with Gasteiger partial charge in [-0.1, -0.05) is 19.1 Å². The van der Waals surface area contributed by atoms with Gasteiger partial charge >= 0.3 is 0 Å². The van der Waals surface area contributed by atoms with Crippen molar-refractivity contribution in [3.05, 3.63) is 29.8 Å². The molecule has 1 aliphatic rings. The number of hydrogen-bond donors (Lipinski definition) is 1. The van der Waals surface area contributed by atoms with E-state index in [0.29, 0.717) is 10.3 Å². The highest BCUT2D eigenvalue weighted by molar-refractivity contribution is 7.79. The standard InChI is InChI=1S/C10H12O2S/c1-10(6-7-10)8-2-4-9(5-3-8)13(11)12/h2-5H,6-7H2,1H3,(H,11,12). The van der Waals surface area contributed by atoms with E-state index in [9.17, 15) is 4.21 Å².